The molecule has 0 bridgehead atoms. The Hall–Kier alpha value is -2.37. The maximum absolute atomic E-state index is 11.3. The van der Waals surface area contributed by atoms with Crippen molar-refractivity contribution in [2.45, 2.75) is 18.9 Å². The SMILES string of the molecule is O=C(O)C(CC1C=CC([N+](=O)[O-])=CC1)n1cccc1. The highest BCUT2D eigenvalue weighted by molar-refractivity contribution is 5.71. The first kappa shape index (κ1) is 13.1. The quantitative estimate of drug-likeness (QED) is 0.651. The molecule has 6 nitrogen and oxygen atoms in total. The average molecular weight is 262 g/mol. The fourth-order valence-corrected chi connectivity index (χ4v) is 2.16. The molecule has 1 aliphatic rings. The summed E-state index contributed by atoms with van der Waals surface area (Å²) in [7, 11) is 0. The third-order valence-corrected chi connectivity index (χ3v) is 3.18. The standard InChI is InChI=1S/C13H14N2O4/c16-13(17)12(14-7-1-2-8-14)9-10-3-5-11(6-4-10)15(18)19/h1-3,5-8,10,12H,4,9H2,(H,16,17). The van der Waals surface area contributed by atoms with Crippen LogP contribution in [0.3, 0.4) is 0 Å². The Morgan fingerprint density at radius 1 is 1.53 bits per heavy atom. The molecule has 0 amide bonds. The van der Waals surface area contributed by atoms with E-state index in [9.17, 15) is 20.0 Å². The Labute approximate surface area is 109 Å². The molecule has 0 fully saturated rings. The summed E-state index contributed by atoms with van der Waals surface area (Å²) in [6, 6.07) is 2.91. The van der Waals surface area contributed by atoms with E-state index in [0.29, 0.717) is 12.8 Å². The minimum absolute atomic E-state index is 0.00667. The number of nitro groups is 1. The lowest BCUT2D eigenvalue weighted by Crippen LogP contribution is -2.21. The Balaban J connectivity index is 2.03. The molecule has 100 valence electrons. The number of carboxylic acids is 1. The first-order valence-corrected chi connectivity index (χ1v) is 5.96. The van der Waals surface area contributed by atoms with Crippen molar-refractivity contribution in [1.82, 2.24) is 4.57 Å². The second kappa shape index (κ2) is 5.51. The van der Waals surface area contributed by atoms with Crippen LogP contribution in [0.15, 0.2) is 48.5 Å². The summed E-state index contributed by atoms with van der Waals surface area (Å²) < 4.78 is 1.64. The molecule has 0 saturated heterocycles. The number of nitrogens with zero attached hydrogens (tertiary/aromatic N) is 2. The summed E-state index contributed by atoms with van der Waals surface area (Å²) in [5.74, 6) is -0.888. The topological polar surface area (TPSA) is 85.4 Å². The molecule has 6 heteroatoms. The third-order valence-electron chi connectivity index (χ3n) is 3.18. The first-order chi connectivity index (χ1) is 9.08. The first-order valence-electron chi connectivity index (χ1n) is 5.96. The van der Waals surface area contributed by atoms with Gasteiger partial charge < -0.3 is 9.67 Å². The van der Waals surface area contributed by atoms with Crippen LogP contribution in [0.5, 0.6) is 0 Å². The highest BCUT2D eigenvalue weighted by atomic mass is 16.6. The van der Waals surface area contributed by atoms with Crippen molar-refractivity contribution in [3.8, 4) is 0 Å². The average Bonchev–Trinajstić information content (AvgIpc) is 2.89. The van der Waals surface area contributed by atoms with E-state index < -0.39 is 16.9 Å². The minimum atomic E-state index is -0.895. The summed E-state index contributed by atoms with van der Waals surface area (Å²) >= 11 is 0. The summed E-state index contributed by atoms with van der Waals surface area (Å²) in [6.45, 7) is 0. The Bertz CT molecular complexity index is 531. The van der Waals surface area contributed by atoms with Crippen LogP contribution >= 0.6 is 0 Å². The lowest BCUT2D eigenvalue weighted by atomic mass is 9.92. The van der Waals surface area contributed by atoms with Gasteiger partial charge in [-0.05, 0) is 37.0 Å². The molecule has 19 heavy (non-hydrogen) atoms. The molecule has 1 aromatic heterocycles. The van der Waals surface area contributed by atoms with Crippen LogP contribution in [0.25, 0.3) is 0 Å². The van der Waals surface area contributed by atoms with Crippen molar-refractivity contribution < 1.29 is 14.8 Å². The van der Waals surface area contributed by atoms with E-state index in [4.69, 9.17) is 0 Å². The van der Waals surface area contributed by atoms with Crippen molar-refractivity contribution in [3.63, 3.8) is 0 Å². The second-order valence-corrected chi connectivity index (χ2v) is 4.46. The molecule has 1 heterocycles. The van der Waals surface area contributed by atoms with Gasteiger partial charge in [-0.3, -0.25) is 10.1 Å². The number of rotatable bonds is 5. The van der Waals surface area contributed by atoms with Gasteiger partial charge in [-0.2, -0.15) is 0 Å². The molecule has 1 N–H and O–H groups in total. The smallest absolute Gasteiger partial charge is 0.326 e. The number of aliphatic carboxylic acids is 1. The summed E-state index contributed by atoms with van der Waals surface area (Å²) in [6.07, 6.45) is 9.05. The van der Waals surface area contributed by atoms with Gasteiger partial charge in [0.1, 0.15) is 6.04 Å². The number of carbonyl (C=O) groups is 1. The third kappa shape index (κ3) is 3.09. The fraction of sp³-hybridized carbons (Fsp3) is 0.308. The van der Waals surface area contributed by atoms with Gasteiger partial charge in [-0.25, -0.2) is 4.79 Å². The monoisotopic (exact) mass is 262 g/mol. The van der Waals surface area contributed by atoms with Crippen LogP contribution in [-0.4, -0.2) is 20.6 Å². The molecule has 0 aliphatic heterocycles. The zero-order chi connectivity index (χ0) is 13.8. The van der Waals surface area contributed by atoms with Crippen LogP contribution in [0.1, 0.15) is 18.9 Å². The Kier molecular flexibility index (Phi) is 3.79. The Morgan fingerprint density at radius 2 is 2.21 bits per heavy atom. The van der Waals surface area contributed by atoms with Crippen molar-refractivity contribution in [2.75, 3.05) is 0 Å². The van der Waals surface area contributed by atoms with Gasteiger partial charge in [0.2, 0.25) is 0 Å². The summed E-state index contributed by atoms with van der Waals surface area (Å²) in [5.41, 5.74) is 0.0732. The highest BCUT2D eigenvalue weighted by Gasteiger charge is 2.24. The van der Waals surface area contributed by atoms with Crippen LogP contribution < -0.4 is 0 Å². The van der Waals surface area contributed by atoms with Crippen LogP contribution in [-0.2, 0) is 4.79 Å². The van der Waals surface area contributed by atoms with Gasteiger partial charge in [0.05, 0.1) is 4.92 Å². The molecule has 0 spiro atoms. The van der Waals surface area contributed by atoms with E-state index in [0.717, 1.165) is 0 Å². The van der Waals surface area contributed by atoms with E-state index in [2.05, 4.69) is 0 Å². The van der Waals surface area contributed by atoms with Crippen molar-refractivity contribution in [1.29, 1.82) is 0 Å². The van der Waals surface area contributed by atoms with E-state index in [1.54, 1.807) is 41.2 Å². The normalized spacial score (nSPS) is 19.8. The minimum Gasteiger partial charge on any atom is -0.480 e. The lowest BCUT2D eigenvalue weighted by molar-refractivity contribution is -0.419. The van der Waals surface area contributed by atoms with E-state index in [-0.39, 0.29) is 11.6 Å². The molecule has 2 atom stereocenters. The molecule has 2 unspecified atom stereocenters. The molecular formula is C13H14N2O4. The van der Waals surface area contributed by atoms with Crippen LogP contribution in [0.2, 0.25) is 0 Å². The van der Waals surface area contributed by atoms with Crippen LogP contribution in [0, 0.1) is 16.0 Å². The van der Waals surface area contributed by atoms with E-state index in [1.165, 1.54) is 6.08 Å². The number of allylic oxidation sites excluding steroid dienone is 3. The molecule has 1 aliphatic carbocycles. The van der Waals surface area contributed by atoms with Gasteiger partial charge in [0, 0.05) is 18.5 Å². The molecule has 1 aromatic rings. The summed E-state index contributed by atoms with van der Waals surface area (Å²) in [4.78, 5) is 21.4. The number of aromatic nitrogens is 1. The maximum atomic E-state index is 11.3. The zero-order valence-electron chi connectivity index (χ0n) is 10.2. The van der Waals surface area contributed by atoms with Gasteiger partial charge in [-0.1, -0.05) is 6.08 Å². The largest absolute Gasteiger partial charge is 0.480 e. The predicted molar refractivity (Wildman–Crippen MR) is 68.0 cm³/mol. The molecule has 0 saturated carbocycles. The summed E-state index contributed by atoms with van der Waals surface area (Å²) in [5, 5.41) is 19.8. The molecular weight excluding hydrogens is 248 g/mol. The van der Waals surface area contributed by atoms with Crippen molar-refractivity contribution in [3.05, 3.63) is 58.6 Å². The van der Waals surface area contributed by atoms with Gasteiger partial charge >= 0.3 is 5.97 Å². The number of hydrogen-bond acceptors (Lipinski definition) is 3. The van der Waals surface area contributed by atoms with E-state index in [1.807, 2.05) is 0 Å². The van der Waals surface area contributed by atoms with Crippen molar-refractivity contribution in [2.24, 2.45) is 5.92 Å². The van der Waals surface area contributed by atoms with Gasteiger partial charge in [0.25, 0.3) is 5.70 Å². The molecule has 0 radical (unpaired) electrons. The van der Waals surface area contributed by atoms with Crippen LogP contribution in [0.4, 0.5) is 0 Å². The van der Waals surface area contributed by atoms with Gasteiger partial charge in [-0.15, -0.1) is 0 Å². The zero-order valence-corrected chi connectivity index (χ0v) is 10.2. The van der Waals surface area contributed by atoms with Gasteiger partial charge in [0.15, 0.2) is 0 Å². The fourth-order valence-electron chi connectivity index (χ4n) is 2.16. The van der Waals surface area contributed by atoms with Crippen molar-refractivity contribution >= 4 is 5.97 Å². The number of carboxylic acid groups (broad SMARTS) is 1. The Morgan fingerprint density at radius 3 is 2.68 bits per heavy atom. The highest BCUT2D eigenvalue weighted by Crippen LogP contribution is 2.26. The molecule has 2 rings (SSSR count). The second-order valence-electron chi connectivity index (χ2n) is 4.46. The molecule has 0 aromatic carbocycles. The predicted octanol–water partition coefficient (Wildman–Crippen LogP) is 2.24. The maximum Gasteiger partial charge on any atom is 0.326 e. The van der Waals surface area contributed by atoms with E-state index >= 15 is 0 Å². The lowest BCUT2D eigenvalue weighted by Gasteiger charge is -2.20. The number of hydrogen-bond donors (Lipinski definition) is 1.